The Kier molecular flexibility index (Phi) is 7.22. The van der Waals surface area contributed by atoms with Gasteiger partial charge in [0.05, 0.1) is 43.2 Å². The molecule has 12 nitrogen and oxygen atoms in total. The number of aromatic nitrogens is 5. The highest BCUT2D eigenvalue weighted by Gasteiger charge is 2.26. The summed E-state index contributed by atoms with van der Waals surface area (Å²) in [6.45, 7) is 3.33. The van der Waals surface area contributed by atoms with E-state index in [0.717, 1.165) is 0 Å². The molecule has 1 N–H and O–H groups in total. The number of nitrogens with one attached hydrogen (secondary N) is 1. The van der Waals surface area contributed by atoms with Crippen molar-refractivity contribution in [2.45, 2.75) is 6.43 Å². The summed E-state index contributed by atoms with van der Waals surface area (Å²) in [6, 6.07) is 6.73. The number of halogens is 2. The van der Waals surface area contributed by atoms with Crippen molar-refractivity contribution in [1.29, 1.82) is 0 Å². The Balaban J connectivity index is 1.47. The first kappa shape index (κ1) is 24.7. The van der Waals surface area contributed by atoms with Crippen molar-refractivity contribution in [2.24, 2.45) is 0 Å². The summed E-state index contributed by atoms with van der Waals surface area (Å²) in [5.74, 6) is -0.348. The van der Waals surface area contributed by atoms with Crippen LogP contribution in [0.25, 0.3) is 17.0 Å². The molecule has 0 amide bonds. The highest BCUT2D eigenvalue weighted by molar-refractivity contribution is 7.89. The van der Waals surface area contributed by atoms with Gasteiger partial charge in [0.2, 0.25) is 27.9 Å². The molecule has 36 heavy (non-hydrogen) atoms. The Hall–Kier alpha value is -3.01. The Labute approximate surface area is 206 Å². The largest absolute Gasteiger partial charge is 0.379 e. The molecule has 0 saturated carbocycles. The van der Waals surface area contributed by atoms with Crippen LogP contribution >= 0.6 is 0 Å². The van der Waals surface area contributed by atoms with E-state index < -0.39 is 22.3 Å². The number of hydrogen-bond donors (Lipinski definition) is 1. The maximum Gasteiger partial charge on any atom is 0.296 e. The van der Waals surface area contributed by atoms with Crippen molar-refractivity contribution in [3.05, 3.63) is 30.1 Å². The molecule has 2 fully saturated rings. The molecule has 0 aliphatic carbocycles. The van der Waals surface area contributed by atoms with E-state index in [1.165, 1.54) is 8.87 Å². The zero-order chi connectivity index (χ0) is 25.1. The van der Waals surface area contributed by atoms with Crippen LogP contribution in [0.2, 0.25) is 0 Å². The molecule has 194 valence electrons. The van der Waals surface area contributed by atoms with Gasteiger partial charge in [0.1, 0.15) is 0 Å². The average Bonchev–Trinajstić information content (AvgIpc) is 3.30. The second-order valence-electron chi connectivity index (χ2n) is 8.21. The minimum absolute atomic E-state index is 0.0259. The monoisotopic (exact) mass is 524 g/mol. The summed E-state index contributed by atoms with van der Waals surface area (Å²) < 4.78 is 66.4. The number of imidazole rings is 1. The summed E-state index contributed by atoms with van der Waals surface area (Å²) in [5, 5.41) is 2.94. The molecule has 1 aromatic carbocycles. The first-order valence-corrected chi connectivity index (χ1v) is 13.2. The molecular formula is C21H26F2N8O4S. The predicted octanol–water partition coefficient (Wildman–Crippen LogP) is 1.06. The zero-order valence-corrected chi connectivity index (χ0v) is 20.2. The van der Waals surface area contributed by atoms with Crippen molar-refractivity contribution >= 4 is 33.0 Å². The highest BCUT2D eigenvalue weighted by Crippen LogP contribution is 2.27. The van der Waals surface area contributed by atoms with Gasteiger partial charge in [0, 0.05) is 32.7 Å². The number of benzene rings is 1. The van der Waals surface area contributed by atoms with Gasteiger partial charge >= 0.3 is 0 Å². The Morgan fingerprint density at radius 3 is 2.31 bits per heavy atom. The maximum absolute atomic E-state index is 13.9. The van der Waals surface area contributed by atoms with Crippen LogP contribution in [0.1, 0.15) is 12.2 Å². The summed E-state index contributed by atoms with van der Waals surface area (Å²) in [4.78, 5) is 19.2. The second-order valence-corrected chi connectivity index (χ2v) is 10.3. The van der Waals surface area contributed by atoms with Crippen molar-refractivity contribution in [1.82, 2.24) is 28.8 Å². The summed E-state index contributed by atoms with van der Waals surface area (Å²) >= 11 is 0. The smallest absolute Gasteiger partial charge is 0.296 e. The van der Waals surface area contributed by atoms with Crippen LogP contribution in [-0.4, -0.2) is 102 Å². The number of fused-ring (bicyclic) bond motifs is 1. The van der Waals surface area contributed by atoms with Crippen LogP contribution < -0.4 is 10.2 Å². The Bertz CT molecular complexity index is 1310. The number of hydrogen-bond acceptors (Lipinski definition) is 10. The number of ether oxygens (including phenoxy) is 2. The summed E-state index contributed by atoms with van der Waals surface area (Å²) in [5.41, 5.74) is 0.806. The fourth-order valence-electron chi connectivity index (χ4n) is 4.08. The van der Waals surface area contributed by atoms with E-state index in [2.05, 4.69) is 25.3 Å². The van der Waals surface area contributed by atoms with Crippen LogP contribution in [0.5, 0.6) is 0 Å². The summed E-state index contributed by atoms with van der Waals surface area (Å²) in [7, 11) is -3.51. The lowest BCUT2D eigenvalue weighted by Gasteiger charge is -2.27. The van der Waals surface area contributed by atoms with Crippen LogP contribution in [0.3, 0.4) is 0 Å². The number of morpholine rings is 2. The third-order valence-electron chi connectivity index (χ3n) is 5.89. The Morgan fingerprint density at radius 2 is 1.58 bits per heavy atom. The lowest BCUT2D eigenvalue weighted by Crippen LogP contribution is -2.42. The number of para-hydroxylation sites is 2. The van der Waals surface area contributed by atoms with E-state index >= 15 is 0 Å². The molecule has 2 aliphatic rings. The SMILES string of the molecule is O=S(=O)(CCNc1nc(N2CCOCC2)nc(-n2c(C(F)F)nc3ccccc32)n1)N1CCOCC1. The molecule has 0 spiro atoms. The number of rotatable bonds is 8. The molecule has 2 aromatic heterocycles. The van der Waals surface area contributed by atoms with Crippen LogP contribution in [0.15, 0.2) is 24.3 Å². The van der Waals surface area contributed by atoms with Gasteiger partial charge in [-0.3, -0.25) is 4.57 Å². The number of sulfonamides is 1. The van der Waals surface area contributed by atoms with Gasteiger partial charge in [0.25, 0.3) is 6.43 Å². The fraction of sp³-hybridized carbons (Fsp3) is 0.524. The number of nitrogens with zero attached hydrogens (tertiary/aromatic N) is 7. The van der Waals surface area contributed by atoms with E-state index in [9.17, 15) is 17.2 Å². The lowest BCUT2D eigenvalue weighted by atomic mass is 10.3. The topological polar surface area (TPSA) is 128 Å². The van der Waals surface area contributed by atoms with E-state index in [1.54, 1.807) is 24.3 Å². The third kappa shape index (κ3) is 5.23. The predicted molar refractivity (Wildman–Crippen MR) is 127 cm³/mol. The zero-order valence-electron chi connectivity index (χ0n) is 19.4. The van der Waals surface area contributed by atoms with Crippen molar-refractivity contribution < 1.29 is 26.7 Å². The van der Waals surface area contributed by atoms with Gasteiger partial charge in [-0.25, -0.2) is 22.2 Å². The molecule has 0 unspecified atom stereocenters. The molecule has 15 heteroatoms. The molecule has 5 rings (SSSR count). The minimum atomic E-state index is -3.51. The maximum atomic E-state index is 13.9. The number of anilines is 2. The molecule has 0 radical (unpaired) electrons. The quantitative estimate of drug-likeness (QED) is 0.457. The van der Waals surface area contributed by atoms with Crippen molar-refractivity contribution in [2.75, 3.05) is 75.1 Å². The van der Waals surface area contributed by atoms with Crippen LogP contribution in [0.4, 0.5) is 20.7 Å². The van der Waals surface area contributed by atoms with Gasteiger partial charge in [-0.1, -0.05) is 12.1 Å². The number of alkyl halides is 2. The fourth-order valence-corrected chi connectivity index (χ4v) is 5.41. The second kappa shape index (κ2) is 10.5. The van der Waals surface area contributed by atoms with E-state index in [-0.39, 0.29) is 30.1 Å². The Morgan fingerprint density at radius 1 is 0.917 bits per heavy atom. The van der Waals surface area contributed by atoms with Crippen LogP contribution in [0, 0.1) is 0 Å². The highest BCUT2D eigenvalue weighted by atomic mass is 32.2. The van der Waals surface area contributed by atoms with E-state index in [1.807, 2.05) is 4.90 Å². The molecule has 2 saturated heterocycles. The first-order valence-electron chi connectivity index (χ1n) is 11.6. The van der Waals surface area contributed by atoms with Crippen molar-refractivity contribution in [3.8, 4) is 5.95 Å². The molecule has 0 bridgehead atoms. The van der Waals surface area contributed by atoms with Gasteiger partial charge in [-0.15, -0.1) is 0 Å². The van der Waals surface area contributed by atoms with E-state index in [0.29, 0.717) is 63.6 Å². The van der Waals surface area contributed by atoms with Crippen molar-refractivity contribution in [3.63, 3.8) is 0 Å². The van der Waals surface area contributed by atoms with Crippen LogP contribution in [-0.2, 0) is 19.5 Å². The lowest BCUT2D eigenvalue weighted by molar-refractivity contribution is 0.0731. The average molecular weight is 525 g/mol. The molecule has 3 aromatic rings. The van der Waals surface area contributed by atoms with Gasteiger partial charge in [-0.05, 0) is 12.1 Å². The third-order valence-corrected chi connectivity index (χ3v) is 7.77. The minimum Gasteiger partial charge on any atom is -0.379 e. The van der Waals surface area contributed by atoms with Gasteiger partial charge < -0.3 is 19.7 Å². The molecular weight excluding hydrogens is 498 g/mol. The summed E-state index contributed by atoms with van der Waals surface area (Å²) in [6.07, 6.45) is -2.86. The van der Waals surface area contributed by atoms with E-state index in [4.69, 9.17) is 9.47 Å². The standard InChI is InChI=1S/C21H26F2N8O4S/c22-17(23)18-25-15-3-1-2-4-16(15)31(18)21-27-19(26-20(28-21)29-6-10-34-11-7-29)24-5-14-36(32,33)30-8-12-35-13-9-30/h1-4,17H,5-14H2,(H,24,26,27,28). The first-order chi connectivity index (χ1) is 17.4. The normalized spacial score (nSPS) is 17.7. The molecule has 2 aliphatic heterocycles. The molecule has 4 heterocycles. The van der Waals surface area contributed by atoms with Gasteiger partial charge in [0.15, 0.2) is 5.82 Å². The molecule has 0 atom stereocenters. The van der Waals surface area contributed by atoms with Gasteiger partial charge in [-0.2, -0.15) is 19.3 Å².